The van der Waals surface area contributed by atoms with Gasteiger partial charge in [0.2, 0.25) is 0 Å². The Bertz CT molecular complexity index is 1180. The normalized spacial score (nSPS) is 41.9. The second-order valence-corrected chi connectivity index (χ2v) is 12.7. The molecule has 3 aliphatic carbocycles. The molecule has 0 amide bonds. The molecule has 1 aromatic heterocycles. The van der Waals surface area contributed by atoms with Gasteiger partial charge in [-0.2, -0.15) is 0 Å². The van der Waals surface area contributed by atoms with Gasteiger partial charge in [0.1, 0.15) is 18.3 Å². The molecule has 0 saturated heterocycles. The monoisotopic (exact) mass is 510 g/mol. The Kier molecular flexibility index (Phi) is 5.81. The number of fused-ring (bicyclic) bond motifs is 5. The van der Waals surface area contributed by atoms with Gasteiger partial charge in [-0.25, -0.2) is 4.79 Å². The third-order valence-corrected chi connectivity index (χ3v) is 10.3. The topological polar surface area (TPSA) is 92.0 Å². The number of furan rings is 1. The third kappa shape index (κ3) is 3.63. The average Bonchev–Trinajstić information content (AvgIpc) is 3.32. The molecule has 1 aromatic rings. The fourth-order valence-electron chi connectivity index (χ4n) is 8.66. The van der Waals surface area contributed by atoms with Gasteiger partial charge >= 0.3 is 17.9 Å². The van der Waals surface area contributed by atoms with Crippen molar-refractivity contribution >= 4 is 17.9 Å². The van der Waals surface area contributed by atoms with Crippen molar-refractivity contribution in [2.24, 2.45) is 33.5 Å². The van der Waals surface area contributed by atoms with Gasteiger partial charge in [-0.15, -0.1) is 0 Å². The Labute approximate surface area is 218 Å². The molecule has 2 heterocycles. The molecule has 5 unspecified atom stereocenters. The standard InChI is InChI=1S/C30H38O7/c1-17(31)35-23-9-12-28(5)20-8-11-29(6)22(15-25(33)37-26(29)19-10-13-34-16-19)30(20,7)24(36-18(2)32)14-21(28)27(23,3)4/h9-10,12-13,15-16,20-21,23-24,26H,8,11,14H2,1-7H3/t20?,21?,23?,24?,26?,28-,29+,30+/m0/s1. The Hall–Kier alpha value is -2.83. The quantitative estimate of drug-likeness (QED) is 0.292. The van der Waals surface area contributed by atoms with E-state index in [2.05, 4.69) is 40.7 Å². The van der Waals surface area contributed by atoms with Crippen molar-refractivity contribution in [2.45, 2.75) is 86.0 Å². The summed E-state index contributed by atoms with van der Waals surface area (Å²) in [6.45, 7) is 13.8. The van der Waals surface area contributed by atoms with Crippen molar-refractivity contribution < 1.29 is 33.0 Å². The number of hydrogen-bond donors (Lipinski definition) is 0. The number of allylic oxidation sites excluding steroid dienone is 1. The zero-order chi connectivity index (χ0) is 27.0. The summed E-state index contributed by atoms with van der Waals surface area (Å²) in [5, 5.41) is 0. The van der Waals surface area contributed by atoms with Crippen LogP contribution in [-0.4, -0.2) is 30.1 Å². The lowest BCUT2D eigenvalue weighted by molar-refractivity contribution is -0.204. The maximum absolute atomic E-state index is 13.0. The van der Waals surface area contributed by atoms with Crippen LogP contribution < -0.4 is 0 Å². The molecule has 0 N–H and O–H groups in total. The van der Waals surface area contributed by atoms with E-state index in [1.54, 1.807) is 18.6 Å². The van der Waals surface area contributed by atoms with Crippen molar-refractivity contribution in [3.63, 3.8) is 0 Å². The molecule has 0 radical (unpaired) electrons. The van der Waals surface area contributed by atoms with Crippen LogP contribution in [0.4, 0.5) is 0 Å². The molecule has 200 valence electrons. The van der Waals surface area contributed by atoms with Gasteiger partial charge < -0.3 is 18.6 Å². The van der Waals surface area contributed by atoms with E-state index in [4.69, 9.17) is 18.6 Å². The minimum Gasteiger partial charge on any atom is -0.472 e. The summed E-state index contributed by atoms with van der Waals surface area (Å²) < 4.78 is 23.1. The number of rotatable bonds is 3. The van der Waals surface area contributed by atoms with E-state index >= 15 is 0 Å². The van der Waals surface area contributed by atoms with Crippen LogP contribution in [0, 0.1) is 33.5 Å². The van der Waals surface area contributed by atoms with Crippen LogP contribution in [0.25, 0.3) is 0 Å². The van der Waals surface area contributed by atoms with Crippen molar-refractivity contribution in [1.82, 2.24) is 0 Å². The summed E-state index contributed by atoms with van der Waals surface area (Å²) in [7, 11) is 0. The van der Waals surface area contributed by atoms with Gasteiger partial charge in [0.05, 0.1) is 12.5 Å². The lowest BCUT2D eigenvalue weighted by atomic mass is 9.38. The van der Waals surface area contributed by atoms with Crippen LogP contribution in [0.3, 0.4) is 0 Å². The number of hydrogen-bond acceptors (Lipinski definition) is 7. The van der Waals surface area contributed by atoms with Crippen LogP contribution in [0.2, 0.25) is 0 Å². The van der Waals surface area contributed by atoms with E-state index in [9.17, 15) is 14.4 Å². The van der Waals surface area contributed by atoms with Crippen LogP contribution in [0.1, 0.15) is 79.4 Å². The molecule has 7 nitrogen and oxygen atoms in total. The van der Waals surface area contributed by atoms with Gasteiger partial charge in [0.15, 0.2) is 0 Å². The fourth-order valence-corrected chi connectivity index (χ4v) is 8.66. The maximum Gasteiger partial charge on any atom is 0.331 e. The first-order valence-electron chi connectivity index (χ1n) is 13.2. The highest BCUT2D eigenvalue weighted by Gasteiger charge is 2.69. The van der Waals surface area contributed by atoms with Gasteiger partial charge in [0.25, 0.3) is 0 Å². The Morgan fingerprint density at radius 3 is 2.35 bits per heavy atom. The number of carbonyl (C=O) groups is 3. The molecule has 8 atom stereocenters. The van der Waals surface area contributed by atoms with Gasteiger partial charge in [-0.05, 0) is 54.2 Å². The maximum atomic E-state index is 13.0. The molecule has 0 aromatic carbocycles. The van der Waals surface area contributed by atoms with E-state index in [1.165, 1.54) is 13.8 Å². The summed E-state index contributed by atoms with van der Waals surface area (Å²) in [5.74, 6) is -0.863. The van der Waals surface area contributed by atoms with Gasteiger partial charge in [0, 0.05) is 41.7 Å². The van der Waals surface area contributed by atoms with Gasteiger partial charge in [-0.1, -0.05) is 40.7 Å². The molecule has 4 aliphatic rings. The molecule has 5 rings (SSSR count). The van der Waals surface area contributed by atoms with Crippen LogP contribution >= 0.6 is 0 Å². The predicted molar refractivity (Wildman–Crippen MR) is 135 cm³/mol. The lowest BCUT2D eigenvalue weighted by Crippen LogP contribution is -2.65. The van der Waals surface area contributed by atoms with Crippen molar-refractivity contribution in [3.05, 3.63) is 48.0 Å². The molecule has 2 saturated carbocycles. The first-order valence-corrected chi connectivity index (χ1v) is 13.2. The minimum absolute atomic E-state index is 0.0851. The second-order valence-electron chi connectivity index (χ2n) is 12.7. The number of cyclic esters (lactones) is 1. The lowest BCUT2D eigenvalue weighted by Gasteiger charge is -2.68. The highest BCUT2D eigenvalue weighted by atomic mass is 16.6. The molecule has 0 spiro atoms. The van der Waals surface area contributed by atoms with E-state index in [0.29, 0.717) is 6.42 Å². The zero-order valence-electron chi connectivity index (χ0n) is 22.8. The van der Waals surface area contributed by atoms with Crippen LogP contribution in [0.5, 0.6) is 0 Å². The summed E-state index contributed by atoms with van der Waals surface area (Å²) in [6.07, 6.45) is 10.1. The second kappa shape index (κ2) is 8.34. The predicted octanol–water partition coefficient (Wildman–Crippen LogP) is 5.71. The SMILES string of the molecule is CC(=O)OC1C=C[C@]2(C)C(CC(OC(C)=O)[C@@]3(C)C4=CC(=O)OC(c5ccoc5)[C@]4(C)CCC23)C1(C)C. The average molecular weight is 511 g/mol. The van der Waals surface area contributed by atoms with E-state index in [-0.39, 0.29) is 46.7 Å². The summed E-state index contributed by atoms with van der Waals surface area (Å²) >= 11 is 0. The van der Waals surface area contributed by atoms with Crippen LogP contribution in [0.15, 0.2) is 46.8 Å². The summed E-state index contributed by atoms with van der Waals surface area (Å²) in [5.41, 5.74) is 0.0988. The number of ether oxygens (including phenoxy) is 3. The highest BCUT2D eigenvalue weighted by Crippen LogP contribution is 2.72. The first-order chi connectivity index (χ1) is 17.2. The summed E-state index contributed by atoms with van der Waals surface area (Å²) in [4.78, 5) is 37.4. The van der Waals surface area contributed by atoms with E-state index in [0.717, 1.165) is 24.0 Å². The molecule has 0 bridgehead atoms. The smallest absolute Gasteiger partial charge is 0.331 e. The Balaban J connectivity index is 1.66. The van der Waals surface area contributed by atoms with Crippen molar-refractivity contribution in [1.29, 1.82) is 0 Å². The zero-order valence-corrected chi connectivity index (χ0v) is 22.8. The van der Waals surface area contributed by atoms with Crippen LogP contribution in [-0.2, 0) is 28.6 Å². The van der Waals surface area contributed by atoms with Crippen molar-refractivity contribution in [3.8, 4) is 0 Å². The first kappa shape index (κ1) is 25.8. The van der Waals surface area contributed by atoms with Crippen molar-refractivity contribution in [2.75, 3.05) is 0 Å². The number of carbonyl (C=O) groups excluding carboxylic acids is 3. The Morgan fingerprint density at radius 2 is 1.73 bits per heavy atom. The molecule has 7 heteroatoms. The molecule has 1 aliphatic heterocycles. The Morgan fingerprint density at radius 1 is 1.03 bits per heavy atom. The molecule has 37 heavy (non-hydrogen) atoms. The fraction of sp³-hybridized carbons (Fsp3) is 0.633. The minimum atomic E-state index is -0.597. The third-order valence-electron chi connectivity index (χ3n) is 10.3. The highest BCUT2D eigenvalue weighted by molar-refractivity contribution is 5.85. The van der Waals surface area contributed by atoms with E-state index in [1.807, 2.05) is 12.1 Å². The molecular weight excluding hydrogens is 472 g/mol. The number of esters is 3. The van der Waals surface area contributed by atoms with Gasteiger partial charge in [-0.3, -0.25) is 9.59 Å². The summed E-state index contributed by atoms with van der Waals surface area (Å²) in [6, 6.07) is 1.85. The largest absolute Gasteiger partial charge is 0.472 e. The van der Waals surface area contributed by atoms with E-state index < -0.39 is 23.0 Å². The molecule has 2 fully saturated rings. The molecular formula is C30H38O7.